The minimum absolute atomic E-state index is 0.117. The summed E-state index contributed by atoms with van der Waals surface area (Å²) in [6, 6.07) is 9.89. The molecule has 2 aliphatic heterocycles. The van der Waals surface area contributed by atoms with Crippen LogP contribution in [0.25, 0.3) is 0 Å². The van der Waals surface area contributed by atoms with Crippen molar-refractivity contribution in [3.63, 3.8) is 0 Å². The Morgan fingerprint density at radius 1 is 1.17 bits per heavy atom. The van der Waals surface area contributed by atoms with Crippen molar-refractivity contribution in [1.82, 2.24) is 15.3 Å². The maximum atomic E-state index is 12.4. The van der Waals surface area contributed by atoms with E-state index >= 15 is 0 Å². The second kappa shape index (κ2) is 9.09. The molecule has 0 aliphatic carbocycles. The number of amides is 1. The summed E-state index contributed by atoms with van der Waals surface area (Å²) in [7, 11) is 1.67. The lowest BCUT2D eigenvalue weighted by Crippen LogP contribution is -2.47. The lowest BCUT2D eigenvalue weighted by atomic mass is 10.2. The summed E-state index contributed by atoms with van der Waals surface area (Å²) < 4.78 is 10.8. The number of nitrogens with one attached hydrogen (secondary N) is 1. The maximum absolute atomic E-state index is 12.4. The van der Waals surface area contributed by atoms with E-state index in [4.69, 9.17) is 9.47 Å². The molecule has 4 rings (SSSR count). The first-order valence-electron chi connectivity index (χ1n) is 10.1. The molecule has 2 aliphatic rings. The van der Waals surface area contributed by atoms with E-state index in [2.05, 4.69) is 37.2 Å². The van der Waals surface area contributed by atoms with Crippen LogP contribution in [0.5, 0.6) is 5.75 Å². The first-order valence-corrected chi connectivity index (χ1v) is 10.1. The van der Waals surface area contributed by atoms with Crippen molar-refractivity contribution < 1.29 is 14.3 Å². The van der Waals surface area contributed by atoms with Crippen LogP contribution in [0.2, 0.25) is 0 Å². The fraction of sp³-hybridized carbons (Fsp3) is 0.476. The van der Waals surface area contributed by atoms with Crippen LogP contribution in [0.3, 0.4) is 0 Å². The van der Waals surface area contributed by atoms with Gasteiger partial charge in [-0.15, -0.1) is 0 Å². The third-order valence-corrected chi connectivity index (χ3v) is 5.44. The van der Waals surface area contributed by atoms with Crippen LogP contribution in [0, 0.1) is 0 Å². The van der Waals surface area contributed by atoms with Crippen molar-refractivity contribution in [2.45, 2.75) is 18.9 Å². The molecular weight excluding hydrogens is 370 g/mol. The Kier molecular flexibility index (Phi) is 6.09. The third-order valence-electron chi connectivity index (χ3n) is 5.44. The molecule has 1 N–H and O–H groups in total. The predicted octanol–water partition coefficient (Wildman–Crippen LogP) is 1.72. The van der Waals surface area contributed by atoms with Crippen molar-refractivity contribution in [2.75, 3.05) is 56.2 Å². The maximum Gasteiger partial charge on any atom is 0.270 e. The molecule has 1 atom stereocenters. The zero-order valence-corrected chi connectivity index (χ0v) is 16.7. The lowest BCUT2D eigenvalue weighted by Gasteiger charge is -2.36. The van der Waals surface area contributed by atoms with E-state index in [1.165, 1.54) is 12.0 Å². The molecule has 1 amide bonds. The molecule has 3 heterocycles. The van der Waals surface area contributed by atoms with Gasteiger partial charge in [0, 0.05) is 51.1 Å². The minimum Gasteiger partial charge on any atom is -0.497 e. The van der Waals surface area contributed by atoms with Gasteiger partial charge in [0.15, 0.2) is 0 Å². The number of methoxy groups -OCH3 is 1. The van der Waals surface area contributed by atoms with Crippen molar-refractivity contribution in [2.24, 2.45) is 0 Å². The number of aromatic nitrogens is 2. The second-order valence-corrected chi connectivity index (χ2v) is 7.28. The van der Waals surface area contributed by atoms with E-state index in [1.54, 1.807) is 13.2 Å². The third kappa shape index (κ3) is 4.76. The standard InChI is InChI=1S/C21H27N5O3/c1-28-17-6-4-16(5-7-17)25-8-10-26(11-9-25)20-13-19(23-15-24-20)21(27)22-14-18-3-2-12-29-18/h4-7,13,15,18H,2-3,8-12,14H2,1H3,(H,22,27). The number of anilines is 2. The quantitative estimate of drug-likeness (QED) is 0.795. The van der Waals surface area contributed by atoms with Crippen LogP contribution >= 0.6 is 0 Å². The Hall–Kier alpha value is -2.87. The van der Waals surface area contributed by atoms with Crippen molar-refractivity contribution in [1.29, 1.82) is 0 Å². The van der Waals surface area contributed by atoms with Gasteiger partial charge in [-0.2, -0.15) is 0 Å². The number of nitrogens with zero attached hydrogens (tertiary/aromatic N) is 4. The molecule has 0 saturated carbocycles. The minimum atomic E-state index is -0.180. The highest BCUT2D eigenvalue weighted by molar-refractivity contribution is 5.92. The summed E-state index contributed by atoms with van der Waals surface area (Å²) in [6.45, 7) is 4.74. The van der Waals surface area contributed by atoms with Gasteiger partial charge < -0.3 is 24.6 Å². The molecule has 0 bridgehead atoms. The van der Waals surface area contributed by atoms with Crippen molar-refractivity contribution in [3.05, 3.63) is 42.4 Å². The van der Waals surface area contributed by atoms with Crippen molar-refractivity contribution in [3.8, 4) is 5.75 Å². The van der Waals surface area contributed by atoms with E-state index < -0.39 is 0 Å². The molecule has 1 aromatic heterocycles. The van der Waals surface area contributed by atoms with E-state index in [0.29, 0.717) is 12.2 Å². The van der Waals surface area contributed by atoms with Gasteiger partial charge >= 0.3 is 0 Å². The van der Waals surface area contributed by atoms with Crippen LogP contribution in [0.15, 0.2) is 36.7 Å². The average molecular weight is 397 g/mol. The Bertz CT molecular complexity index is 815. The Labute approximate surface area is 170 Å². The van der Waals surface area contributed by atoms with Gasteiger partial charge in [0.2, 0.25) is 0 Å². The number of piperazine rings is 1. The van der Waals surface area contributed by atoms with E-state index in [9.17, 15) is 4.79 Å². The van der Waals surface area contributed by atoms with Crippen LogP contribution in [0.4, 0.5) is 11.5 Å². The fourth-order valence-electron chi connectivity index (χ4n) is 3.73. The predicted molar refractivity (Wildman–Crippen MR) is 111 cm³/mol. The number of carbonyl (C=O) groups is 1. The van der Waals surface area contributed by atoms with E-state index in [1.807, 2.05) is 12.1 Å². The van der Waals surface area contributed by atoms with Crippen LogP contribution in [-0.2, 0) is 4.74 Å². The Morgan fingerprint density at radius 2 is 1.93 bits per heavy atom. The van der Waals surface area contributed by atoms with Gasteiger partial charge in [0.1, 0.15) is 23.6 Å². The number of hydrogen-bond acceptors (Lipinski definition) is 7. The summed E-state index contributed by atoms with van der Waals surface area (Å²) in [5, 5.41) is 2.92. The smallest absolute Gasteiger partial charge is 0.270 e. The largest absolute Gasteiger partial charge is 0.497 e. The molecule has 1 unspecified atom stereocenters. The molecule has 2 saturated heterocycles. The Morgan fingerprint density at radius 3 is 2.62 bits per heavy atom. The van der Waals surface area contributed by atoms with Gasteiger partial charge in [0.25, 0.3) is 5.91 Å². The second-order valence-electron chi connectivity index (χ2n) is 7.28. The molecule has 0 spiro atoms. The van der Waals surface area contributed by atoms with Crippen LogP contribution < -0.4 is 19.9 Å². The SMILES string of the molecule is COc1ccc(N2CCN(c3cc(C(=O)NCC4CCCO4)ncn3)CC2)cc1. The highest BCUT2D eigenvalue weighted by Crippen LogP contribution is 2.22. The molecule has 2 aromatic rings. The zero-order chi connectivity index (χ0) is 20.1. The zero-order valence-electron chi connectivity index (χ0n) is 16.7. The summed E-state index contributed by atoms with van der Waals surface area (Å²) in [5.74, 6) is 1.47. The molecule has 2 fully saturated rings. The summed E-state index contributed by atoms with van der Waals surface area (Å²) in [6.07, 6.45) is 3.63. The molecule has 1 aromatic carbocycles. The molecule has 8 heteroatoms. The number of rotatable bonds is 6. The highest BCUT2D eigenvalue weighted by Gasteiger charge is 2.21. The molecule has 8 nitrogen and oxygen atoms in total. The normalized spacial score (nSPS) is 19.3. The Balaban J connectivity index is 1.33. The van der Waals surface area contributed by atoms with Gasteiger partial charge in [0.05, 0.1) is 13.2 Å². The first kappa shape index (κ1) is 19.4. The van der Waals surface area contributed by atoms with Gasteiger partial charge in [-0.25, -0.2) is 9.97 Å². The van der Waals surface area contributed by atoms with Crippen LogP contribution in [0.1, 0.15) is 23.3 Å². The number of benzene rings is 1. The molecule has 0 radical (unpaired) electrons. The topological polar surface area (TPSA) is 79.8 Å². The average Bonchev–Trinajstić information content (AvgIpc) is 3.31. The summed E-state index contributed by atoms with van der Waals surface area (Å²) in [4.78, 5) is 25.5. The van der Waals surface area contributed by atoms with E-state index in [0.717, 1.165) is 57.2 Å². The fourth-order valence-corrected chi connectivity index (χ4v) is 3.73. The summed E-state index contributed by atoms with van der Waals surface area (Å²) in [5.41, 5.74) is 1.58. The van der Waals surface area contributed by atoms with Gasteiger partial charge in [-0.3, -0.25) is 4.79 Å². The number of hydrogen-bond donors (Lipinski definition) is 1. The van der Waals surface area contributed by atoms with Crippen molar-refractivity contribution >= 4 is 17.4 Å². The van der Waals surface area contributed by atoms with Gasteiger partial charge in [-0.1, -0.05) is 0 Å². The number of ether oxygens (including phenoxy) is 2. The molecular formula is C21H27N5O3. The van der Waals surface area contributed by atoms with Gasteiger partial charge in [-0.05, 0) is 37.1 Å². The molecule has 154 valence electrons. The highest BCUT2D eigenvalue weighted by atomic mass is 16.5. The first-order chi connectivity index (χ1) is 14.2. The van der Waals surface area contributed by atoms with E-state index in [-0.39, 0.29) is 12.0 Å². The monoisotopic (exact) mass is 397 g/mol. The lowest BCUT2D eigenvalue weighted by molar-refractivity contribution is 0.0853. The molecule has 29 heavy (non-hydrogen) atoms. The summed E-state index contributed by atoms with van der Waals surface area (Å²) >= 11 is 0. The van der Waals surface area contributed by atoms with Crippen LogP contribution in [-0.4, -0.2) is 68.4 Å². The number of carbonyl (C=O) groups excluding carboxylic acids is 1.